The molecule has 3 heteroatoms. The van der Waals surface area contributed by atoms with Gasteiger partial charge in [-0.2, -0.15) is 0 Å². The summed E-state index contributed by atoms with van der Waals surface area (Å²) in [4.78, 5) is 5.83. The molecule has 0 aromatic carbocycles. The lowest BCUT2D eigenvalue weighted by atomic mass is 9.91. The van der Waals surface area contributed by atoms with E-state index in [4.69, 9.17) is 0 Å². The predicted molar refractivity (Wildman–Crippen MR) is 81.2 cm³/mol. The third-order valence-corrected chi connectivity index (χ3v) is 4.71. The van der Waals surface area contributed by atoms with Gasteiger partial charge in [0.25, 0.3) is 0 Å². The maximum atomic E-state index is 4.39. The molecule has 0 aliphatic rings. The highest BCUT2D eigenvalue weighted by atomic mass is 32.1. The molecule has 0 amide bonds. The van der Waals surface area contributed by atoms with Gasteiger partial charge in [0.1, 0.15) is 0 Å². The highest BCUT2D eigenvalue weighted by Gasteiger charge is 2.19. The Labute approximate surface area is 116 Å². The topological polar surface area (TPSA) is 24.9 Å². The minimum Gasteiger partial charge on any atom is -0.309 e. The first-order valence-corrected chi connectivity index (χ1v) is 8.24. The van der Waals surface area contributed by atoms with E-state index >= 15 is 0 Å². The Morgan fingerprint density at radius 2 is 2.11 bits per heavy atom. The van der Waals surface area contributed by atoms with Gasteiger partial charge in [-0.1, -0.05) is 46.5 Å². The summed E-state index contributed by atoms with van der Waals surface area (Å²) in [6.07, 6.45) is 6.58. The van der Waals surface area contributed by atoms with E-state index in [2.05, 4.69) is 38.0 Å². The largest absolute Gasteiger partial charge is 0.309 e. The molecule has 1 rings (SSSR count). The first-order chi connectivity index (χ1) is 8.72. The highest BCUT2D eigenvalue weighted by Crippen LogP contribution is 2.30. The molecule has 1 aromatic rings. The van der Waals surface area contributed by atoms with Crippen LogP contribution in [0.3, 0.4) is 0 Å². The fraction of sp³-hybridized carbons (Fsp3) is 0.800. The molecule has 0 aliphatic heterocycles. The summed E-state index contributed by atoms with van der Waals surface area (Å²) in [6.45, 7) is 9.95. The minimum atomic E-state index is 0.504. The smallest absolute Gasteiger partial charge is 0.0798 e. The second-order valence-corrected chi connectivity index (χ2v) is 5.95. The SMILES string of the molecule is CCCCC(CC)CC(NCC)c1scnc1C. The van der Waals surface area contributed by atoms with Crippen LogP contribution in [0, 0.1) is 12.8 Å². The number of nitrogens with one attached hydrogen (secondary N) is 1. The molecule has 1 heterocycles. The van der Waals surface area contributed by atoms with Gasteiger partial charge in [-0.25, -0.2) is 4.98 Å². The molecule has 0 saturated carbocycles. The van der Waals surface area contributed by atoms with E-state index in [-0.39, 0.29) is 0 Å². The van der Waals surface area contributed by atoms with Gasteiger partial charge in [0.15, 0.2) is 0 Å². The molecule has 1 N–H and O–H groups in total. The number of aryl methyl sites for hydroxylation is 1. The lowest BCUT2D eigenvalue weighted by molar-refractivity contribution is 0.359. The van der Waals surface area contributed by atoms with Crippen molar-refractivity contribution in [3.63, 3.8) is 0 Å². The summed E-state index contributed by atoms with van der Waals surface area (Å²) in [6, 6.07) is 0.504. The molecule has 0 saturated heterocycles. The van der Waals surface area contributed by atoms with E-state index in [9.17, 15) is 0 Å². The Bertz CT molecular complexity index is 322. The zero-order valence-corrected chi connectivity index (χ0v) is 13.1. The quantitative estimate of drug-likeness (QED) is 0.701. The second kappa shape index (κ2) is 8.65. The number of aromatic nitrogens is 1. The van der Waals surface area contributed by atoms with Gasteiger partial charge in [-0.05, 0) is 25.8 Å². The zero-order valence-electron chi connectivity index (χ0n) is 12.3. The first kappa shape index (κ1) is 15.6. The van der Waals surface area contributed by atoms with Crippen LogP contribution in [-0.4, -0.2) is 11.5 Å². The van der Waals surface area contributed by atoms with Crippen LogP contribution in [0.4, 0.5) is 0 Å². The number of hydrogen-bond acceptors (Lipinski definition) is 3. The fourth-order valence-electron chi connectivity index (χ4n) is 2.49. The molecule has 2 nitrogen and oxygen atoms in total. The second-order valence-electron chi connectivity index (χ2n) is 5.06. The van der Waals surface area contributed by atoms with E-state index < -0.39 is 0 Å². The maximum Gasteiger partial charge on any atom is 0.0798 e. The Kier molecular flexibility index (Phi) is 7.52. The number of nitrogens with zero attached hydrogens (tertiary/aromatic N) is 1. The van der Waals surface area contributed by atoms with Gasteiger partial charge in [0, 0.05) is 10.9 Å². The van der Waals surface area contributed by atoms with Crippen LogP contribution in [0.25, 0.3) is 0 Å². The number of hydrogen-bond donors (Lipinski definition) is 1. The summed E-state index contributed by atoms with van der Waals surface area (Å²) < 4.78 is 0. The molecular weight excluding hydrogens is 240 g/mol. The van der Waals surface area contributed by atoms with E-state index in [1.54, 1.807) is 11.3 Å². The third-order valence-electron chi connectivity index (χ3n) is 3.66. The Morgan fingerprint density at radius 1 is 1.33 bits per heavy atom. The van der Waals surface area contributed by atoms with Gasteiger partial charge in [0.2, 0.25) is 0 Å². The highest BCUT2D eigenvalue weighted by molar-refractivity contribution is 7.09. The van der Waals surface area contributed by atoms with Gasteiger partial charge in [0.05, 0.1) is 11.2 Å². The van der Waals surface area contributed by atoms with E-state index in [0.29, 0.717) is 6.04 Å². The molecule has 2 unspecified atom stereocenters. The molecule has 0 fully saturated rings. The van der Waals surface area contributed by atoms with E-state index in [1.807, 2.05) is 5.51 Å². The molecular formula is C15H28N2S. The molecule has 2 atom stereocenters. The van der Waals surface area contributed by atoms with Crippen LogP contribution in [0.2, 0.25) is 0 Å². The van der Waals surface area contributed by atoms with Gasteiger partial charge in [-0.3, -0.25) is 0 Å². The minimum absolute atomic E-state index is 0.504. The molecule has 1 aromatic heterocycles. The van der Waals surface area contributed by atoms with Crippen LogP contribution in [0.1, 0.15) is 69.5 Å². The van der Waals surface area contributed by atoms with Crippen molar-refractivity contribution in [3.05, 3.63) is 16.1 Å². The van der Waals surface area contributed by atoms with Crippen molar-refractivity contribution < 1.29 is 0 Å². The standard InChI is InChI=1S/C15H28N2S/c1-5-8-9-13(6-2)10-14(16-7-3)15-12(4)17-11-18-15/h11,13-14,16H,5-10H2,1-4H3. The number of rotatable bonds is 9. The fourth-order valence-corrected chi connectivity index (χ4v) is 3.38. The predicted octanol–water partition coefficient (Wildman–Crippen LogP) is 4.71. The summed E-state index contributed by atoms with van der Waals surface area (Å²) >= 11 is 1.80. The van der Waals surface area contributed by atoms with Crippen molar-refractivity contribution in [3.8, 4) is 0 Å². The van der Waals surface area contributed by atoms with Crippen LogP contribution in [0.15, 0.2) is 5.51 Å². The summed E-state index contributed by atoms with van der Waals surface area (Å²) in [5, 5.41) is 3.64. The van der Waals surface area contributed by atoms with Gasteiger partial charge < -0.3 is 5.32 Å². The average Bonchev–Trinajstić information content (AvgIpc) is 2.79. The lowest BCUT2D eigenvalue weighted by Crippen LogP contribution is -2.23. The van der Waals surface area contributed by atoms with Gasteiger partial charge in [-0.15, -0.1) is 11.3 Å². The summed E-state index contributed by atoms with van der Waals surface area (Å²) in [5.74, 6) is 0.843. The Balaban J connectivity index is 2.64. The molecule has 0 aliphatic carbocycles. The normalized spacial score (nSPS) is 14.7. The van der Waals surface area contributed by atoms with E-state index in [0.717, 1.165) is 12.5 Å². The molecule has 0 spiro atoms. The maximum absolute atomic E-state index is 4.39. The third kappa shape index (κ3) is 4.69. The van der Waals surface area contributed by atoms with Crippen LogP contribution in [-0.2, 0) is 0 Å². The molecule has 104 valence electrons. The molecule has 0 radical (unpaired) electrons. The zero-order chi connectivity index (χ0) is 13.4. The number of thiazole rings is 1. The van der Waals surface area contributed by atoms with Crippen molar-refractivity contribution in [1.29, 1.82) is 0 Å². The Hall–Kier alpha value is -0.410. The monoisotopic (exact) mass is 268 g/mol. The van der Waals surface area contributed by atoms with Crippen LogP contribution in [0.5, 0.6) is 0 Å². The van der Waals surface area contributed by atoms with Gasteiger partial charge >= 0.3 is 0 Å². The molecule has 18 heavy (non-hydrogen) atoms. The molecule has 0 bridgehead atoms. The average molecular weight is 268 g/mol. The summed E-state index contributed by atoms with van der Waals surface area (Å²) in [5.41, 5.74) is 3.18. The van der Waals surface area contributed by atoms with Crippen molar-refractivity contribution in [1.82, 2.24) is 10.3 Å². The van der Waals surface area contributed by atoms with Crippen molar-refractivity contribution in [2.75, 3.05) is 6.54 Å². The van der Waals surface area contributed by atoms with Crippen molar-refractivity contribution in [2.45, 2.75) is 65.8 Å². The van der Waals surface area contributed by atoms with Crippen molar-refractivity contribution >= 4 is 11.3 Å². The van der Waals surface area contributed by atoms with Crippen molar-refractivity contribution in [2.24, 2.45) is 5.92 Å². The lowest BCUT2D eigenvalue weighted by Gasteiger charge is -2.23. The van der Waals surface area contributed by atoms with Crippen LogP contribution < -0.4 is 5.32 Å². The first-order valence-electron chi connectivity index (χ1n) is 7.36. The van der Waals surface area contributed by atoms with E-state index in [1.165, 1.54) is 42.7 Å². The number of unbranched alkanes of at least 4 members (excludes halogenated alkanes) is 1. The summed E-state index contributed by atoms with van der Waals surface area (Å²) in [7, 11) is 0. The van der Waals surface area contributed by atoms with Crippen LogP contribution >= 0.6 is 11.3 Å². The Morgan fingerprint density at radius 3 is 2.61 bits per heavy atom.